The third-order valence-corrected chi connectivity index (χ3v) is 5.80. The van der Waals surface area contributed by atoms with Gasteiger partial charge in [0.2, 0.25) is 5.91 Å². The number of rotatable bonds is 2. The molecule has 0 aliphatic carbocycles. The fourth-order valence-electron chi connectivity index (χ4n) is 2.81. The molecule has 2 aliphatic rings. The molecule has 1 unspecified atom stereocenters. The van der Waals surface area contributed by atoms with Crippen LogP contribution in [0.5, 0.6) is 0 Å². The third kappa shape index (κ3) is 2.65. The predicted octanol–water partition coefficient (Wildman–Crippen LogP) is 0.440. The van der Waals surface area contributed by atoms with Crippen LogP contribution in [0.4, 0.5) is 5.69 Å². The number of nitrogens with zero attached hydrogens (tertiary/aromatic N) is 1. The van der Waals surface area contributed by atoms with Crippen molar-refractivity contribution >= 4 is 27.3 Å². The summed E-state index contributed by atoms with van der Waals surface area (Å²) in [5, 5.41) is 2.72. The molecule has 0 bridgehead atoms. The van der Waals surface area contributed by atoms with Crippen LogP contribution < -0.4 is 5.32 Å². The quantitative estimate of drug-likeness (QED) is 0.859. The summed E-state index contributed by atoms with van der Waals surface area (Å²) in [7, 11) is -1.39. The van der Waals surface area contributed by atoms with Crippen molar-refractivity contribution in [2.24, 2.45) is 0 Å². The van der Waals surface area contributed by atoms with Gasteiger partial charge in [0.1, 0.15) is 0 Å². The van der Waals surface area contributed by atoms with Crippen LogP contribution in [0.15, 0.2) is 18.2 Å². The molecule has 1 fully saturated rings. The van der Waals surface area contributed by atoms with Gasteiger partial charge in [0.05, 0.1) is 17.9 Å². The zero-order chi connectivity index (χ0) is 15.2. The molecule has 1 atom stereocenters. The Hall–Kier alpha value is -1.89. The van der Waals surface area contributed by atoms with Gasteiger partial charge in [0, 0.05) is 24.3 Å². The molecule has 6 nitrogen and oxygen atoms in total. The summed E-state index contributed by atoms with van der Waals surface area (Å²) in [5.41, 5.74) is 2.03. The third-order valence-electron chi connectivity index (χ3n) is 4.05. The summed E-state index contributed by atoms with van der Waals surface area (Å²) >= 11 is 0. The van der Waals surface area contributed by atoms with Crippen LogP contribution in [0.1, 0.15) is 22.3 Å². The zero-order valence-electron chi connectivity index (χ0n) is 11.6. The molecule has 7 heteroatoms. The van der Waals surface area contributed by atoms with Crippen LogP contribution in [-0.4, -0.2) is 49.7 Å². The SMILES string of the molecule is CN(C(=O)c1ccc2c(c1)CC(=O)N2)C1CCS(=O)(=O)C1. The van der Waals surface area contributed by atoms with Crippen molar-refractivity contribution in [3.05, 3.63) is 29.3 Å². The van der Waals surface area contributed by atoms with E-state index >= 15 is 0 Å². The van der Waals surface area contributed by atoms with Crippen molar-refractivity contribution in [3.8, 4) is 0 Å². The predicted molar refractivity (Wildman–Crippen MR) is 77.9 cm³/mol. The van der Waals surface area contributed by atoms with Crippen LogP contribution in [0, 0.1) is 0 Å². The number of carbonyl (C=O) groups excluding carboxylic acids is 2. The number of nitrogens with one attached hydrogen (secondary N) is 1. The fraction of sp³-hybridized carbons (Fsp3) is 0.429. The van der Waals surface area contributed by atoms with Crippen molar-refractivity contribution in [2.45, 2.75) is 18.9 Å². The van der Waals surface area contributed by atoms with E-state index in [1.54, 1.807) is 25.2 Å². The molecule has 2 heterocycles. The van der Waals surface area contributed by atoms with E-state index in [2.05, 4.69) is 5.32 Å². The topological polar surface area (TPSA) is 83.6 Å². The number of anilines is 1. The molecule has 0 radical (unpaired) electrons. The van der Waals surface area contributed by atoms with Crippen LogP contribution in [-0.2, 0) is 21.1 Å². The fourth-order valence-corrected chi connectivity index (χ4v) is 4.59. The molecule has 3 rings (SSSR count). The van der Waals surface area contributed by atoms with Gasteiger partial charge in [-0.25, -0.2) is 8.42 Å². The Morgan fingerprint density at radius 1 is 1.38 bits per heavy atom. The second kappa shape index (κ2) is 4.84. The summed E-state index contributed by atoms with van der Waals surface area (Å²) in [4.78, 5) is 25.3. The van der Waals surface area contributed by atoms with E-state index in [4.69, 9.17) is 0 Å². The number of benzene rings is 1. The van der Waals surface area contributed by atoms with E-state index < -0.39 is 9.84 Å². The van der Waals surface area contributed by atoms with Gasteiger partial charge in [-0.1, -0.05) is 0 Å². The number of sulfone groups is 1. The largest absolute Gasteiger partial charge is 0.338 e. The molecule has 0 saturated carbocycles. The number of amides is 2. The van der Waals surface area contributed by atoms with Gasteiger partial charge in [-0.2, -0.15) is 0 Å². The van der Waals surface area contributed by atoms with Crippen molar-refractivity contribution in [2.75, 3.05) is 23.9 Å². The first-order valence-corrected chi connectivity index (χ1v) is 8.58. The van der Waals surface area contributed by atoms with Crippen LogP contribution in [0.2, 0.25) is 0 Å². The van der Waals surface area contributed by atoms with E-state index in [0.717, 1.165) is 11.3 Å². The van der Waals surface area contributed by atoms with E-state index in [0.29, 0.717) is 12.0 Å². The van der Waals surface area contributed by atoms with Crippen molar-refractivity contribution in [1.29, 1.82) is 0 Å². The number of carbonyl (C=O) groups is 2. The number of hydrogen-bond acceptors (Lipinski definition) is 4. The molecule has 1 aromatic carbocycles. The minimum absolute atomic E-state index is 0.0280. The summed E-state index contributed by atoms with van der Waals surface area (Å²) < 4.78 is 23.0. The highest BCUT2D eigenvalue weighted by Crippen LogP contribution is 2.25. The second-order valence-corrected chi connectivity index (χ2v) is 7.80. The summed E-state index contributed by atoms with van der Waals surface area (Å²) in [6, 6.07) is 4.81. The highest BCUT2D eigenvalue weighted by Gasteiger charge is 2.33. The Bertz CT molecular complexity index is 726. The summed E-state index contributed by atoms with van der Waals surface area (Å²) in [6.45, 7) is 0. The monoisotopic (exact) mass is 308 g/mol. The first-order chi connectivity index (χ1) is 9.85. The van der Waals surface area contributed by atoms with Gasteiger partial charge in [0.25, 0.3) is 5.91 Å². The minimum atomic E-state index is -3.02. The van der Waals surface area contributed by atoms with Crippen molar-refractivity contribution in [1.82, 2.24) is 4.90 Å². The Labute approximate surface area is 123 Å². The molecule has 1 aromatic rings. The lowest BCUT2D eigenvalue weighted by molar-refractivity contribution is -0.115. The van der Waals surface area contributed by atoms with E-state index in [-0.39, 0.29) is 35.8 Å². The number of fused-ring (bicyclic) bond motifs is 1. The standard InChI is InChI=1S/C14H16N2O4S/c1-16(11-4-5-21(19,20)8-11)14(18)9-2-3-12-10(6-9)7-13(17)15-12/h2-3,6,11H,4-5,7-8H2,1H3,(H,15,17). The summed E-state index contributed by atoms with van der Waals surface area (Å²) in [5.74, 6) is -0.123. The Morgan fingerprint density at radius 2 is 2.14 bits per heavy atom. The molecular weight excluding hydrogens is 292 g/mol. The Morgan fingerprint density at radius 3 is 2.81 bits per heavy atom. The first kappa shape index (κ1) is 14.1. The maximum Gasteiger partial charge on any atom is 0.253 e. The second-order valence-electron chi connectivity index (χ2n) is 5.57. The zero-order valence-corrected chi connectivity index (χ0v) is 12.4. The minimum Gasteiger partial charge on any atom is -0.338 e. The van der Waals surface area contributed by atoms with Gasteiger partial charge < -0.3 is 10.2 Å². The Balaban J connectivity index is 1.80. The Kier molecular flexibility index (Phi) is 3.24. The van der Waals surface area contributed by atoms with Crippen molar-refractivity contribution in [3.63, 3.8) is 0 Å². The molecule has 1 N–H and O–H groups in total. The molecule has 1 saturated heterocycles. The smallest absolute Gasteiger partial charge is 0.253 e. The van der Waals surface area contributed by atoms with Gasteiger partial charge in [-0.3, -0.25) is 9.59 Å². The molecule has 0 aromatic heterocycles. The van der Waals surface area contributed by atoms with Crippen LogP contribution in [0.25, 0.3) is 0 Å². The molecule has 21 heavy (non-hydrogen) atoms. The lowest BCUT2D eigenvalue weighted by atomic mass is 10.1. The highest BCUT2D eigenvalue weighted by molar-refractivity contribution is 7.91. The van der Waals surface area contributed by atoms with Crippen LogP contribution >= 0.6 is 0 Å². The van der Waals surface area contributed by atoms with E-state index in [9.17, 15) is 18.0 Å². The molecule has 2 amide bonds. The van der Waals surface area contributed by atoms with Crippen LogP contribution in [0.3, 0.4) is 0 Å². The molecule has 2 aliphatic heterocycles. The maximum absolute atomic E-state index is 12.4. The molecular formula is C14H16N2O4S. The first-order valence-electron chi connectivity index (χ1n) is 6.76. The van der Waals surface area contributed by atoms with Gasteiger partial charge in [-0.15, -0.1) is 0 Å². The van der Waals surface area contributed by atoms with E-state index in [1.807, 2.05) is 0 Å². The van der Waals surface area contributed by atoms with Gasteiger partial charge >= 0.3 is 0 Å². The summed E-state index contributed by atoms with van der Waals surface area (Å²) in [6.07, 6.45) is 0.757. The van der Waals surface area contributed by atoms with Gasteiger partial charge in [-0.05, 0) is 30.2 Å². The maximum atomic E-state index is 12.4. The molecule has 112 valence electrons. The average Bonchev–Trinajstić information content (AvgIpc) is 2.97. The van der Waals surface area contributed by atoms with Crippen molar-refractivity contribution < 1.29 is 18.0 Å². The normalized spacial score (nSPS) is 22.7. The molecule has 0 spiro atoms. The lowest BCUT2D eigenvalue weighted by Crippen LogP contribution is -2.37. The van der Waals surface area contributed by atoms with Gasteiger partial charge in [0.15, 0.2) is 9.84 Å². The number of hydrogen-bond donors (Lipinski definition) is 1. The van der Waals surface area contributed by atoms with E-state index in [1.165, 1.54) is 4.90 Å². The lowest BCUT2D eigenvalue weighted by Gasteiger charge is -2.23. The highest BCUT2D eigenvalue weighted by atomic mass is 32.2. The average molecular weight is 308 g/mol.